The molecule has 1 amide bonds. The quantitative estimate of drug-likeness (QED) is 0.845. The van der Waals surface area contributed by atoms with E-state index < -0.39 is 10.0 Å². The molecule has 1 aromatic carbocycles. The van der Waals surface area contributed by atoms with Crippen molar-refractivity contribution < 1.29 is 13.2 Å². The van der Waals surface area contributed by atoms with Crippen molar-refractivity contribution in [3.63, 3.8) is 0 Å². The average Bonchev–Trinajstić information content (AvgIpc) is 2.13. The second kappa shape index (κ2) is 4.70. The summed E-state index contributed by atoms with van der Waals surface area (Å²) in [6.07, 6.45) is 0. The van der Waals surface area contributed by atoms with Gasteiger partial charge in [0.05, 0.1) is 4.90 Å². The number of carbonyl (C=O) groups is 1. The number of carbonyl (C=O) groups excluding carboxylic acids is 1. The SMILES string of the molecule is Cc1ccc(S(N)(=O)=O)cc1C(=O)NC(C)(C)C. The highest BCUT2D eigenvalue weighted by molar-refractivity contribution is 7.89. The molecular weight excluding hydrogens is 252 g/mol. The van der Waals surface area contributed by atoms with E-state index in [1.54, 1.807) is 13.0 Å². The Morgan fingerprint density at radius 2 is 1.83 bits per heavy atom. The van der Waals surface area contributed by atoms with Crippen LogP contribution in [-0.4, -0.2) is 19.9 Å². The van der Waals surface area contributed by atoms with Gasteiger partial charge in [0, 0.05) is 11.1 Å². The fourth-order valence-electron chi connectivity index (χ4n) is 1.43. The minimum absolute atomic E-state index is 0.0628. The number of nitrogens with two attached hydrogens (primary N) is 1. The van der Waals surface area contributed by atoms with E-state index in [2.05, 4.69) is 5.32 Å². The minimum atomic E-state index is -3.80. The largest absolute Gasteiger partial charge is 0.347 e. The number of amides is 1. The predicted octanol–water partition coefficient (Wildman–Crippen LogP) is 1.17. The first kappa shape index (κ1) is 14.7. The maximum Gasteiger partial charge on any atom is 0.251 e. The average molecular weight is 270 g/mol. The van der Waals surface area contributed by atoms with Crippen LogP contribution in [0.1, 0.15) is 36.7 Å². The fourth-order valence-corrected chi connectivity index (χ4v) is 1.97. The molecule has 3 N–H and O–H groups in total. The van der Waals surface area contributed by atoms with Gasteiger partial charge in [0.25, 0.3) is 5.91 Å². The molecule has 0 bridgehead atoms. The van der Waals surface area contributed by atoms with Crippen molar-refractivity contribution in [2.45, 2.75) is 38.1 Å². The molecule has 0 aliphatic rings. The molecule has 1 rings (SSSR count). The minimum Gasteiger partial charge on any atom is -0.347 e. The Bertz CT molecular complexity index is 571. The van der Waals surface area contributed by atoms with Crippen molar-refractivity contribution >= 4 is 15.9 Å². The van der Waals surface area contributed by atoms with Crippen LogP contribution in [0.2, 0.25) is 0 Å². The molecule has 6 heteroatoms. The maximum atomic E-state index is 12.0. The molecular formula is C12H18N2O3S. The zero-order chi connectivity index (χ0) is 14.1. The first-order valence-electron chi connectivity index (χ1n) is 5.47. The predicted molar refractivity (Wildman–Crippen MR) is 69.8 cm³/mol. The molecule has 1 aromatic rings. The number of hydrogen-bond acceptors (Lipinski definition) is 3. The van der Waals surface area contributed by atoms with Gasteiger partial charge in [0.2, 0.25) is 10.0 Å². The Morgan fingerprint density at radius 1 is 1.28 bits per heavy atom. The number of hydrogen-bond donors (Lipinski definition) is 2. The highest BCUT2D eigenvalue weighted by Gasteiger charge is 2.19. The second-order valence-corrected chi connectivity index (χ2v) is 6.79. The standard InChI is InChI=1S/C12H18N2O3S/c1-8-5-6-9(18(13,16)17)7-10(8)11(15)14-12(2,3)4/h5-7H,1-4H3,(H,14,15)(H2,13,16,17). The molecule has 0 atom stereocenters. The van der Waals surface area contributed by atoms with Gasteiger partial charge < -0.3 is 5.32 Å². The van der Waals surface area contributed by atoms with Crippen molar-refractivity contribution in [3.05, 3.63) is 29.3 Å². The number of sulfonamides is 1. The molecule has 0 aliphatic carbocycles. The summed E-state index contributed by atoms with van der Waals surface area (Å²) in [6, 6.07) is 4.25. The molecule has 100 valence electrons. The van der Waals surface area contributed by atoms with Crippen LogP contribution < -0.4 is 10.5 Å². The smallest absolute Gasteiger partial charge is 0.251 e. The van der Waals surface area contributed by atoms with Gasteiger partial charge in [-0.2, -0.15) is 0 Å². The summed E-state index contributed by atoms with van der Waals surface area (Å²) in [5, 5.41) is 7.82. The molecule has 0 unspecified atom stereocenters. The maximum absolute atomic E-state index is 12.0. The Morgan fingerprint density at radius 3 is 2.28 bits per heavy atom. The lowest BCUT2D eigenvalue weighted by atomic mass is 10.0. The molecule has 0 fully saturated rings. The van der Waals surface area contributed by atoms with Crippen LogP contribution in [0, 0.1) is 6.92 Å². The van der Waals surface area contributed by atoms with Gasteiger partial charge in [-0.1, -0.05) is 6.07 Å². The molecule has 0 spiro atoms. The van der Waals surface area contributed by atoms with E-state index in [-0.39, 0.29) is 16.3 Å². The molecule has 0 aromatic heterocycles. The van der Waals surface area contributed by atoms with Crippen molar-refractivity contribution in [2.24, 2.45) is 5.14 Å². The topological polar surface area (TPSA) is 89.3 Å². The number of rotatable bonds is 2. The van der Waals surface area contributed by atoms with E-state index in [0.29, 0.717) is 11.1 Å². The fraction of sp³-hybridized carbons (Fsp3) is 0.417. The van der Waals surface area contributed by atoms with Crippen molar-refractivity contribution in [1.29, 1.82) is 0 Å². The van der Waals surface area contributed by atoms with Gasteiger partial charge in [-0.05, 0) is 45.4 Å². The van der Waals surface area contributed by atoms with Gasteiger partial charge in [0.15, 0.2) is 0 Å². The molecule has 0 heterocycles. The third-order valence-electron chi connectivity index (χ3n) is 2.27. The van der Waals surface area contributed by atoms with E-state index in [0.717, 1.165) is 0 Å². The summed E-state index contributed by atoms with van der Waals surface area (Å²) >= 11 is 0. The first-order chi connectivity index (χ1) is 8.00. The Balaban J connectivity index is 3.21. The van der Waals surface area contributed by atoms with Crippen LogP contribution in [0.25, 0.3) is 0 Å². The van der Waals surface area contributed by atoms with Crippen LogP contribution in [0.3, 0.4) is 0 Å². The number of primary sulfonamides is 1. The highest BCUT2D eigenvalue weighted by Crippen LogP contribution is 2.15. The lowest BCUT2D eigenvalue weighted by Crippen LogP contribution is -2.40. The van der Waals surface area contributed by atoms with Crippen molar-refractivity contribution in [1.82, 2.24) is 5.32 Å². The Kier molecular flexibility index (Phi) is 3.83. The van der Waals surface area contributed by atoms with E-state index >= 15 is 0 Å². The summed E-state index contributed by atoms with van der Waals surface area (Å²) < 4.78 is 22.5. The van der Waals surface area contributed by atoms with E-state index in [1.165, 1.54) is 12.1 Å². The van der Waals surface area contributed by atoms with Gasteiger partial charge in [0.1, 0.15) is 0 Å². The van der Waals surface area contributed by atoms with Gasteiger partial charge in [-0.25, -0.2) is 13.6 Å². The molecule has 5 nitrogen and oxygen atoms in total. The monoisotopic (exact) mass is 270 g/mol. The summed E-state index contributed by atoms with van der Waals surface area (Å²) in [4.78, 5) is 12.0. The van der Waals surface area contributed by atoms with Crippen LogP contribution in [0.15, 0.2) is 23.1 Å². The highest BCUT2D eigenvalue weighted by atomic mass is 32.2. The number of nitrogens with one attached hydrogen (secondary N) is 1. The van der Waals surface area contributed by atoms with E-state index in [1.807, 2.05) is 20.8 Å². The molecule has 18 heavy (non-hydrogen) atoms. The Labute approximate surface area is 107 Å². The van der Waals surface area contributed by atoms with Crippen molar-refractivity contribution in [2.75, 3.05) is 0 Å². The lowest BCUT2D eigenvalue weighted by Gasteiger charge is -2.21. The van der Waals surface area contributed by atoms with Gasteiger partial charge in [-0.15, -0.1) is 0 Å². The molecule has 0 saturated heterocycles. The van der Waals surface area contributed by atoms with Crippen LogP contribution in [-0.2, 0) is 10.0 Å². The number of aryl methyl sites for hydroxylation is 1. The van der Waals surface area contributed by atoms with Crippen LogP contribution in [0.5, 0.6) is 0 Å². The van der Waals surface area contributed by atoms with E-state index in [9.17, 15) is 13.2 Å². The third-order valence-corrected chi connectivity index (χ3v) is 3.18. The van der Waals surface area contributed by atoms with Crippen LogP contribution in [0.4, 0.5) is 0 Å². The van der Waals surface area contributed by atoms with Gasteiger partial charge in [-0.3, -0.25) is 4.79 Å². The van der Waals surface area contributed by atoms with Gasteiger partial charge >= 0.3 is 0 Å². The second-order valence-electron chi connectivity index (χ2n) is 5.23. The summed E-state index contributed by atoms with van der Waals surface area (Å²) in [5.74, 6) is -0.314. The summed E-state index contributed by atoms with van der Waals surface area (Å²) in [7, 11) is -3.80. The molecule has 0 saturated carbocycles. The lowest BCUT2D eigenvalue weighted by molar-refractivity contribution is 0.0918. The van der Waals surface area contributed by atoms with E-state index in [4.69, 9.17) is 5.14 Å². The molecule has 0 radical (unpaired) electrons. The summed E-state index contributed by atoms with van der Waals surface area (Å²) in [5.41, 5.74) is 0.627. The zero-order valence-corrected chi connectivity index (χ0v) is 11.8. The summed E-state index contributed by atoms with van der Waals surface area (Å²) in [6.45, 7) is 7.29. The first-order valence-corrected chi connectivity index (χ1v) is 7.01. The van der Waals surface area contributed by atoms with Crippen LogP contribution >= 0.6 is 0 Å². The van der Waals surface area contributed by atoms with Crippen molar-refractivity contribution in [3.8, 4) is 0 Å². The number of benzene rings is 1. The third kappa shape index (κ3) is 3.82. The molecule has 0 aliphatic heterocycles. The zero-order valence-electron chi connectivity index (χ0n) is 10.9. The normalized spacial score (nSPS) is 12.3. The Hall–Kier alpha value is -1.40.